The fourth-order valence-electron chi connectivity index (χ4n) is 9.09. The van der Waals surface area contributed by atoms with Crippen molar-refractivity contribution < 1.29 is 53.4 Å². The van der Waals surface area contributed by atoms with Crippen molar-refractivity contribution in [2.24, 2.45) is 22.7 Å². The predicted molar refractivity (Wildman–Crippen MR) is 213 cm³/mol. The van der Waals surface area contributed by atoms with E-state index in [0.29, 0.717) is 30.8 Å². The zero-order valence-electron chi connectivity index (χ0n) is 35.4. The monoisotopic (exact) mass is 789 g/mol. The fraction of sp³-hybridized carbons (Fsp3) is 0.800. The Morgan fingerprint density at radius 3 is 2.36 bits per heavy atom. The van der Waals surface area contributed by atoms with Crippen molar-refractivity contribution in [3.63, 3.8) is 0 Å². The van der Waals surface area contributed by atoms with Crippen LogP contribution in [-0.4, -0.2) is 95.3 Å². The van der Waals surface area contributed by atoms with Crippen molar-refractivity contribution in [2.45, 2.75) is 193 Å². The van der Waals surface area contributed by atoms with Gasteiger partial charge in [0.25, 0.3) is 0 Å². The van der Waals surface area contributed by atoms with Crippen molar-refractivity contribution in [2.75, 3.05) is 13.7 Å². The second-order valence-corrected chi connectivity index (χ2v) is 18.1. The zero-order valence-corrected chi connectivity index (χ0v) is 35.4. The number of ether oxygens (including phenoxy) is 5. The molecule has 318 valence electrons. The number of allylic oxidation sites excluding steroid dienone is 1. The van der Waals surface area contributed by atoms with Crippen LogP contribution in [0.25, 0.3) is 0 Å². The molecule has 0 saturated carbocycles. The van der Waals surface area contributed by atoms with Gasteiger partial charge in [-0.2, -0.15) is 0 Å². The van der Waals surface area contributed by atoms with E-state index in [4.69, 9.17) is 23.7 Å². The molecule has 4 rings (SSSR count). The number of cyclic esters (lactones) is 1. The van der Waals surface area contributed by atoms with Gasteiger partial charge in [-0.1, -0.05) is 96.6 Å². The van der Waals surface area contributed by atoms with Crippen LogP contribution in [-0.2, 0) is 38.1 Å². The molecule has 6 bridgehead atoms. The molecule has 0 aromatic carbocycles. The molecule has 11 heteroatoms. The summed E-state index contributed by atoms with van der Waals surface area (Å²) in [5.41, 5.74) is 0.458. The molecule has 11 nitrogen and oxygen atoms in total. The molecular weight excluding hydrogens is 716 g/mol. The SMILES string of the molecule is C/C=C1/C[C@H]2CC3O[C@H](C[C@@H](O)CC(=O)O[C@@H](CO)C[C@@H]4C/C(=C\C(=O)OC)[C@H](CC(=O)CCCCCCC)[C@@](O)(O4)C(C)(C)/C=C/[C@@H](C1)O2)C[C@H](C)C3(C)C. The first-order chi connectivity index (χ1) is 26.4. The van der Waals surface area contributed by atoms with E-state index in [9.17, 15) is 29.7 Å². The van der Waals surface area contributed by atoms with Crippen molar-refractivity contribution in [1.82, 2.24) is 0 Å². The maximum Gasteiger partial charge on any atom is 0.330 e. The third kappa shape index (κ3) is 12.1. The Labute approximate surface area is 335 Å². The van der Waals surface area contributed by atoms with E-state index in [2.05, 4.69) is 33.8 Å². The molecule has 0 aromatic heterocycles. The number of ketones is 1. The maximum absolute atomic E-state index is 13.6. The summed E-state index contributed by atoms with van der Waals surface area (Å²) in [6.45, 7) is 14.0. The molecule has 3 N–H and O–H groups in total. The molecule has 3 fully saturated rings. The third-order valence-electron chi connectivity index (χ3n) is 13.1. The minimum atomic E-state index is -2.01. The molecule has 0 radical (unpaired) electrons. The van der Waals surface area contributed by atoms with Crippen LogP contribution in [0.4, 0.5) is 0 Å². The Balaban J connectivity index is 1.75. The average molecular weight is 789 g/mol. The largest absolute Gasteiger partial charge is 0.466 e. The molecule has 0 aromatic rings. The molecule has 3 saturated heterocycles. The number of hydrogen-bond acceptors (Lipinski definition) is 11. The van der Waals surface area contributed by atoms with Gasteiger partial charge in [0.2, 0.25) is 0 Å². The van der Waals surface area contributed by atoms with Crippen molar-refractivity contribution in [3.8, 4) is 0 Å². The summed E-state index contributed by atoms with van der Waals surface area (Å²) < 4.78 is 30.9. The van der Waals surface area contributed by atoms with E-state index in [0.717, 1.165) is 44.9 Å². The minimum Gasteiger partial charge on any atom is -0.466 e. The highest BCUT2D eigenvalue weighted by Gasteiger charge is 2.56. The van der Waals surface area contributed by atoms with Gasteiger partial charge in [0.05, 0.1) is 56.8 Å². The number of carbonyl (C=O) groups is 3. The molecule has 0 spiro atoms. The Morgan fingerprint density at radius 1 is 0.946 bits per heavy atom. The van der Waals surface area contributed by atoms with Crippen LogP contribution in [0.1, 0.15) is 145 Å². The Morgan fingerprint density at radius 2 is 1.68 bits per heavy atom. The summed E-state index contributed by atoms with van der Waals surface area (Å²) in [7, 11) is 1.28. The highest BCUT2D eigenvalue weighted by atomic mass is 16.6. The first-order valence-corrected chi connectivity index (χ1v) is 21.3. The summed E-state index contributed by atoms with van der Waals surface area (Å²) in [6, 6.07) is 0. The fourth-order valence-corrected chi connectivity index (χ4v) is 9.09. The quantitative estimate of drug-likeness (QED) is 0.0888. The number of Topliss-reactive ketones (excluding diaryl/α,β-unsaturated/α-hetero) is 1. The van der Waals surface area contributed by atoms with E-state index >= 15 is 0 Å². The van der Waals surface area contributed by atoms with E-state index in [1.807, 2.05) is 32.9 Å². The molecular formula is C45H72O11. The third-order valence-corrected chi connectivity index (χ3v) is 13.1. The molecule has 10 atom stereocenters. The zero-order chi connectivity index (χ0) is 41.3. The number of esters is 2. The maximum atomic E-state index is 13.6. The highest BCUT2D eigenvalue weighted by Crippen LogP contribution is 2.51. The number of hydrogen-bond donors (Lipinski definition) is 3. The van der Waals surface area contributed by atoms with Crippen molar-refractivity contribution in [3.05, 3.63) is 35.5 Å². The minimum absolute atomic E-state index is 0.00483. The van der Waals surface area contributed by atoms with Gasteiger partial charge in [-0.15, -0.1) is 0 Å². The average Bonchev–Trinajstić information content (AvgIpc) is 3.13. The number of aliphatic hydroxyl groups excluding tert-OH is 2. The van der Waals surface area contributed by atoms with Gasteiger partial charge in [-0.3, -0.25) is 9.59 Å². The van der Waals surface area contributed by atoms with Gasteiger partial charge in [0, 0.05) is 49.5 Å². The lowest BCUT2D eigenvalue weighted by Gasteiger charge is -2.52. The number of fused-ring (bicyclic) bond motifs is 6. The predicted octanol–water partition coefficient (Wildman–Crippen LogP) is 7.23. The molecule has 0 amide bonds. The van der Waals surface area contributed by atoms with Crippen LogP contribution in [0, 0.1) is 22.7 Å². The lowest BCUT2D eigenvalue weighted by Crippen LogP contribution is -2.58. The smallest absolute Gasteiger partial charge is 0.330 e. The molecule has 4 aliphatic rings. The number of methoxy groups -OCH3 is 1. The summed E-state index contributed by atoms with van der Waals surface area (Å²) in [4.78, 5) is 39.7. The van der Waals surface area contributed by atoms with Crippen LogP contribution < -0.4 is 0 Å². The standard InChI is InChI=1S/C45H72O11/c1-9-11-12-13-14-15-32(47)24-39-31(22-41(49)52-8)21-37-26-38(28-46)55-42(50)25-33(48)23-35-18-29(3)44(6,7)40(54-35)27-36-20-30(10-2)19-34(53-36)16-17-43(4,5)45(39,51)56-37/h10,16-17,22,29,33-40,46,48,51H,9,11-15,18-21,23-28H2,1-8H3/b17-16+,30-10+,31-22+/t29-,33+,34-,35-,36-,37-,38+,39-,40?,45+/m0/s1. The Hall–Kier alpha value is -2.41. The number of rotatable bonds is 10. The van der Waals surface area contributed by atoms with E-state index < -0.39 is 54.0 Å². The summed E-state index contributed by atoms with van der Waals surface area (Å²) in [6.07, 6.45) is 11.8. The van der Waals surface area contributed by atoms with Gasteiger partial charge >= 0.3 is 11.9 Å². The second-order valence-electron chi connectivity index (χ2n) is 18.1. The summed E-state index contributed by atoms with van der Waals surface area (Å²) in [5, 5.41) is 34.4. The van der Waals surface area contributed by atoms with E-state index in [1.165, 1.54) is 18.8 Å². The second kappa shape index (κ2) is 20.5. The van der Waals surface area contributed by atoms with E-state index in [-0.39, 0.29) is 67.7 Å². The molecule has 1 unspecified atom stereocenters. The van der Waals surface area contributed by atoms with Crippen LogP contribution in [0.3, 0.4) is 0 Å². The Bertz CT molecular complexity index is 1410. The van der Waals surface area contributed by atoms with Crippen LogP contribution in [0.5, 0.6) is 0 Å². The molecule has 4 heterocycles. The van der Waals surface area contributed by atoms with Crippen LogP contribution in [0.15, 0.2) is 35.5 Å². The van der Waals surface area contributed by atoms with Crippen LogP contribution >= 0.6 is 0 Å². The van der Waals surface area contributed by atoms with Crippen molar-refractivity contribution >= 4 is 17.7 Å². The number of carbonyl (C=O) groups excluding carboxylic acids is 3. The summed E-state index contributed by atoms with van der Waals surface area (Å²) >= 11 is 0. The molecule has 4 aliphatic heterocycles. The normalized spacial score (nSPS) is 37.3. The van der Waals surface area contributed by atoms with Crippen LogP contribution in [0.2, 0.25) is 0 Å². The number of aliphatic hydroxyl groups is 3. The van der Waals surface area contributed by atoms with Gasteiger partial charge in [-0.05, 0) is 50.4 Å². The van der Waals surface area contributed by atoms with Gasteiger partial charge < -0.3 is 39.0 Å². The highest BCUT2D eigenvalue weighted by molar-refractivity contribution is 5.84. The Kier molecular flexibility index (Phi) is 17.0. The van der Waals surface area contributed by atoms with Gasteiger partial charge in [0.15, 0.2) is 5.79 Å². The summed E-state index contributed by atoms with van der Waals surface area (Å²) in [5.74, 6) is -3.94. The van der Waals surface area contributed by atoms with Crippen molar-refractivity contribution in [1.29, 1.82) is 0 Å². The van der Waals surface area contributed by atoms with E-state index in [1.54, 1.807) is 0 Å². The lowest BCUT2D eigenvalue weighted by atomic mass is 9.67. The first-order valence-electron chi connectivity index (χ1n) is 21.3. The first kappa shape index (κ1) is 46.3. The molecule has 56 heavy (non-hydrogen) atoms. The molecule has 0 aliphatic carbocycles. The van der Waals surface area contributed by atoms with Gasteiger partial charge in [-0.25, -0.2) is 4.79 Å². The topological polar surface area (TPSA) is 158 Å². The lowest BCUT2D eigenvalue weighted by molar-refractivity contribution is -0.313. The number of unbranched alkanes of at least 4 members (excludes halogenated alkanes) is 4. The van der Waals surface area contributed by atoms with Gasteiger partial charge in [0.1, 0.15) is 11.9 Å².